The second-order valence-electron chi connectivity index (χ2n) is 8.78. The third-order valence-corrected chi connectivity index (χ3v) is 6.61. The molecule has 2 heteroatoms. The molecule has 1 heterocycles. The molecule has 0 unspecified atom stereocenters. The van der Waals surface area contributed by atoms with Crippen LogP contribution >= 0.6 is 0 Å². The van der Waals surface area contributed by atoms with Crippen molar-refractivity contribution in [1.82, 2.24) is 4.98 Å². The van der Waals surface area contributed by atoms with Crippen molar-refractivity contribution in [2.45, 2.75) is 19.3 Å². The maximum atomic E-state index is 5.02. The number of pyridine rings is 1. The molecule has 0 saturated carbocycles. The van der Waals surface area contributed by atoms with Gasteiger partial charge in [-0.1, -0.05) is 104 Å². The van der Waals surface area contributed by atoms with Crippen molar-refractivity contribution in [3.05, 3.63) is 122 Å². The molecule has 0 saturated heterocycles. The predicted molar refractivity (Wildman–Crippen MR) is 135 cm³/mol. The normalized spacial score (nSPS) is 12.9. The number of aromatic nitrogens is 1. The topological polar surface area (TPSA) is 12.9 Å². The fourth-order valence-electron chi connectivity index (χ4n) is 4.96. The Morgan fingerprint density at radius 3 is 2.24 bits per heavy atom. The maximum absolute atomic E-state index is 5.02. The SMILES string of the molecule is CC1(C)c2ccccc2-c2c[c-]c(-c3ccc4c(-c5ccccc5)cccc4n3)cc21.[CH3-].[Ir]. The molecule has 1 aromatic heterocycles. The number of fused-ring (bicyclic) bond motifs is 4. The van der Waals surface area contributed by atoms with Gasteiger partial charge in [-0.15, -0.1) is 29.3 Å². The standard InChI is InChI=1S/C30H22N.CH3.Ir/c1-30(2)26-13-7-6-11-23(26)24-16-15-21(19-27(24)30)28-18-17-25-22(12-8-14-29(25)31-28)20-9-4-3-5-10-20;;/h3-14,16-19H,1-2H3;1H3;/q2*-1;. The van der Waals surface area contributed by atoms with Gasteiger partial charge in [0.2, 0.25) is 0 Å². The molecule has 1 radical (unpaired) electrons. The Labute approximate surface area is 209 Å². The largest absolute Gasteiger partial charge is 0.358 e. The van der Waals surface area contributed by atoms with E-state index in [1.807, 2.05) is 0 Å². The van der Waals surface area contributed by atoms with Crippen LogP contribution in [0.25, 0.3) is 44.4 Å². The Balaban J connectivity index is 0.00000130. The third kappa shape index (κ3) is 3.64. The van der Waals surface area contributed by atoms with Crippen molar-refractivity contribution >= 4 is 10.9 Å². The Bertz CT molecular complexity index is 1450. The van der Waals surface area contributed by atoms with Crippen LogP contribution in [-0.4, -0.2) is 4.98 Å². The van der Waals surface area contributed by atoms with E-state index in [-0.39, 0.29) is 32.9 Å². The molecule has 1 aliphatic rings. The van der Waals surface area contributed by atoms with Gasteiger partial charge in [0.1, 0.15) is 0 Å². The van der Waals surface area contributed by atoms with E-state index < -0.39 is 0 Å². The number of nitrogens with zero attached hydrogens (tertiary/aromatic N) is 1. The van der Waals surface area contributed by atoms with Gasteiger partial charge >= 0.3 is 0 Å². The summed E-state index contributed by atoms with van der Waals surface area (Å²) in [5, 5.41) is 1.17. The van der Waals surface area contributed by atoms with E-state index in [0.29, 0.717) is 0 Å². The van der Waals surface area contributed by atoms with Crippen molar-refractivity contribution in [3.63, 3.8) is 0 Å². The summed E-state index contributed by atoms with van der Waals surface area (Å²) in [6, 6.07) is 37.8. The Morgan fingerprint density at radius 1 is 0.697 bits per heavy atom. The van der Waals surface area contributed by atoms with E-state index in [1.165, 1.54) is 38.8 Å². The molecule has 0 aliphatic heterocycles. The quantitative estimate of drug-likeness (QED) is 0.186. The first kappa shape index (κ1) is 23.1. The summed E-state index contributed by atoms with van der Waals surface area (Å²) in [6.45, 7) is 4.61. The predicted octanol–water partition coefficient (Wildman–Crippen LogP) is 8.12. The van der Waals surface area contributed by atoms with Gasteiger partial charge in [-0.25, -0.2) is 0 Å². The first-order valence-corrected chi connectivity index (χ1v) is 10.7. The van der Waals surface area contributed by atoms with Crippen molar-refractivity contribution in [2.75, 3.05) is 0 Å². The molecule has 1 nitrogen and oxygen atoms in total. The second kappa shape index (κ2) is 8.71. The van der Waals surface area contributed by atoms with Crippen LogP contribution in [-0.2, 0) is 25.5 Å². The first-order valence-electron chi connectivity index (χ1n) is 10.7. The summed E-state index contributed by atoms with van der Waals surface area (Å²) in [6.07, 6.45) is 0. The molecule has 4 aromatic carbocycles. The number of hydrogen-bond donors (Lipinski definition) is 0. The molecule has 0 bridgehead atoms. The molecular weight excluding hydrogens is 579 g/mol. The fraction of sp³-hybridized carbons (Fsp3) is 0.0968. The average molecular weight is 604 g/mol. The van der Waals surface area contributed by atoms with Crippen LogP contribution in [0, 0.1) is 13.5 Å². The van der Waals surface area contributed by atoms with Crippen molar-refractivity contribution < 1.29 is 20.1 Å². The number of rotatable bonds is 2. The Morgan fingerprint density at radius 2 is 1.42 bits per heavy atom. The van der Waals surface area contributed by atoms with Crippen LogP contribution in [0.5, 0.6) is 0 Å². The van der Waals surface area contributed by atoms with Crippen LogP contribution in [0.2, 0.25) is 0 Å². The minimum absolute atomic E-state index is 0. The molecule has 0 spiro atoms. The van der Waals surface area contributed by atoms with E-state index >= 15 is 0 Å². The van der Waals surface area contributed by atoms with Gasteiger partial charge in [-0.2, -0.15) is 0 Å². The second-order valence-corrected chi connectivity index (χ2v) is 8.78. The zero-order chi connectivity index (χ0) is 21.0. The van der Waals surface area contributed by atoms with Gasteiger partial charge in [-0.3, -0.25) is 4.98 Å². The summed E-state index contributed by atoms with van der Waals surface area (Å²) in [5.41, 5.74) is 10.8. The molecular formula is C31H25IrN-2. The fourth-order valence-corrected chi connectivity index (χ4v) is 4.96. The smallest absolute Gasteiger partial charge is 0.0601 e. The Kier molecular flexibility index (Phi) is 6.10. The van der Waals surface area contributed by atoms with Gasteiger partial charge in [0.05, 0.1) is 5.52 Å². The van der Waals surface area contributed by atoms with Crippen molar-refractivity contribution in [2.24, 2.45) is 0 Å². The number of benzene rings is 4. The summed E-state index contributed by atoms with van der Waals surface area (Å²) < 4.78 is 0. The molecule has 5 aromatic rings. The molecule has 0 amide bonds. The summed E-state index contributed by atoms with van der Waals surface area (Å²) in [4.78, 5) is 5.02. The van der Waals surface area contributed by atoms with E-state index in [1.54, 1.807) is 0 Å². The van der Waals surface area contributed by atoms with E-state index in [2.05, 4.69) is 117 Å². The van der Waals surface area contributed by atoms with Gasteiger partial charge in [0.25, 0.3) is 0 Å². The minimum Gasteiger partial charge on any atom is -0.358 e. The van der Waals surface area contributed by atoms with Crippen LogP contribution in [0.3, 0.4) is 0 Å². The van der Waals surface area contributed by atoms with E-state index in [9.17, 15) is 0 Å². The first-order chi connectivity index (χ1) is 15.1. The van der Waals surface area contributed by atoms with Gasteiger partial charge < -0.3 is 7.43 Å². The van der Waals surface area contributed by atoms with Crippen LogP contribution in [0.1, 0.15) is 25.0 Å². The molecule has 0 N–H and O–H groups in total. The monoisotopic (exact) mass is 604 g/mol. The molecule has 1 aliphatic carbocycles. The summed E-state index contributed by atoms with van der Waals surface area (Å²) in [5.74, 6) is 0. The van der Waals surface area contributed by atoms with Crippen LogP contribution in [0.4, 0.5) is 0 Å². The van der Waals surface area contributed by atoms with E-state index in [0.717, 1.165) is 16.8 Å². The van der Waals surface area contributed by atoms with Gasteiger partial charge in [-0.05, 0) is 33.9 Å². The maximum Gasteiger partial charge on any atom is 0.0601 e. The molecule has 33 heavy (non-hydrogen) atoms. The van der Waals surface area contributed by atoms with Crippen molar-refractivity contribution in [1.29, 1.82) is 0 Å². The summed E-state index contributed by atoms with van der Waals surface area (Å²) >= 11 is 0. The Hall–Kier alpha value is -3.06. The molecule has 0 fully saturated rings. The zero-order valence-electron chi connectivity index (χ0n) is 19.0. The molecule has 165 valence electrons. The number of hydrogen-bond acceptors (Lipinski definition) is 1. The zero-order valence-corrected chi connectivity index (χ0v) is 21.4. The van der Waals surface area contributed by atoms with Crippen LogP contribution in [0.15, 0.2) is 97.1 Å². The average Bonchev–Trinajstić information content (AvgIpc) is 3.05. The van der Waals surface area contributed by atoms with Crippen molar-refractivity contribution in [3.8, 4) is 33.5 Å². The molecule has 0 atom stereocenters. The van der Waals surface area contributed by atoms with Crippen LogP contribution < -0.4 is 0 Å². The van der Waals surface area contributed by atoms with Gasteiger partial charge in [0.15, 0.2) is 0 Å². The third-order valence-electron chi connectivity index (χ3n) is 6.61. The summed E-state index contributed by atoms with van der Waals surface area (Å²) in [7, 11) is 0. The molecule has 6 rings (SSSR count). The van der Waals surface area contributed by atoms with Gasteiger partial charge in [0, 0.05) is 25.5 Å². The minimum atomic E-state index is -0.0207. The van der Waals surface area contributed by atoms with E-state index in [4.69, 9.17) is 4.98 Å².